The Bertz CT molecular complexity index is 558. The van der Waals surface area contributed by atoms with Crippen LogP contribution in [0, 0.1) is 0 Å². The maximum atomic E-state index is 6.21. The highest BCUT2D eigenvalue weighted by Gasteiger charge is 2.18. The summed E-state index contributed by atoms with van der Waals surface area (Å²) in [5, 5.41) is 4.41. The van der Waals surface area contributed by atoms with Gasteiger partial charge in [0.05, 0.1) is 11.1 Å². The second-order valence-corrected chi connectivity index (χ2v) is 4.71. The van der Waals surface area contributed by atoms with E-state index in [0.29, 0.717) is 15.9 Å². The minimum Gasteiger partial charge on any atom is -0.383 e. The minimum absolute atomic E-state index is 0.134. The van der Waals surface area contributed by atoms with Crippen LogP contribution in [0.4, 0.5) is 5.82 Å². The number of hydrogen-bond acceptors (Lipinski definition) is 3. The van der Waals surface area contributed by atoms with Crippen LogP contribution in [-0.4, -0.2) is 12.0 Å². The van der Waals surface area contributed by atoms with Gasteiger partial charge in [0, 0.05) is 16.8 Å². The van der Waals surface area contributed by atoms with Crippen LogP contribution in [0.3, 0.4) is 0 Å². The van der Waals surface area contributed by atoms with Crippen molar-refractivity contribution < 1.29 is 0 Å². The summed E-state index contributed by atoms with van der Waals surface area (Å²) in [4.78, 5) is 4.07. The number of rotatable bonds is 3. The van der Waals surface area contributed by atoms with E-state index in [1.165, 1.54) is 6.20 Å². The molecule has 0 saturated heterocycles. The quantitative estimate of drug-likeness (QED) is 0.908. The molecule has 0 radical (unpaired) electrons. The first-order valence-corrected chi connectivity index (χ1v) is 6.21. The Morgan fingerprint density at radius 3 is 2.61 bits per heavy atom. The maximum absolute atomic E-state index is 6.21. The lowest BCUT2D eigenvalue weighted by Crippen LogP contribution is -2.20. The van der Waals surface area contributed by atoms with Gasteiger partial charge in [0.1, 0.15) is 5.82 Å². The van der Waals surface area contributed by atoms with Crippen LogP contribution in [0.2, 0.25) is 10.0 Å². The van der Waals surface area contributed by atoms with Crippen molar-refractivity contribution in [3.63, 3.8) is 0 Å². The summed E-state index contributed by atoms with van der Waals surface area (Å²) in [7, 11) is 1.84. The van der Waals surface area contributed by atoms with E-state index in [-0.39, 0.29) is 6.04 Å². The Morgan fingerprint density at radius 1 is 1.22 bits per heavy atom. The average molecular weight is 282 g/mol. The van der Waals surface area contributed by atoms with Gasteiger partial charge >= 0.3 is 0 Å². The first kappa shape index (κ1) is 13.1. The number of hydrogen-bond donors (Lipinski definition) is 2. The van der Waals surface area contributed by atoms with Crippen molar-refractivity contribution in [1.82, 2.24) is 10.3 Å². The second kappa shape index (κ2) is 5.57. The van der Waals surface area contributed by atoms with Gasteiger partial charge in [-0.3, -0.25) is 0 Å². The van der Waals surface area contributed by atoms with Crippen LogP contribution in [0.15, 0.2) is 36.5 Å². The molecule has 5 heteroatoms. The third-order valence-corrected chi connectivity index (χ3v) is 3.28. The molecule has 1 aromatic carbocycles. The number of anilines is 1. The largest absolute Gasteiger partial charge is 0.383 e. The summed E-state index contributed by atoms with van der Waals surface area (Å²) in [6.45, 7) is 0. The van der Waals surface area contributed by atoms with Crippen molar-refractivity contribution in [3.8, 4) is 0 Å². The molecule has 2 rings (SSSR count). The van der Waals surface area contributed by atoms with Crippen molar-refractivity contribution in [3.05, 3.63) is 57.7 Å². The fourth-order valence-electron chi connectivity index (χ4n) is 1.88. The Kier molecular flexibility index (Phi) is 4.07. The minimum atomic E-state index is -0.134. The molecule has 1 heterocycles. The highest BCUT2D eigenvalue weighted by atomic mass is 35.5. The molecule has 0 saturated carbocycles. The number of nitrogens with two attached hydrogens (primary N) is 1. The van der Waals surface area contributed by atoms with E-state index < -0.39 is 0 Å². The molecule has 94 valence electrons. The molecule has 3 nitrogen and oxygen atoms in total. The molecule has 0 aliphatic rings. The van der Waals surface area contributed by atoms with E-state index in [2.05, 4.69) is 10.3 Å². The molecule has 0 amide bonds. The number of halogens is 2. The smallest absolute Gasteiger partial charge is 0.128 e. The Labute approximate surface area is 116 Å². The lowest BCUT2D eigenvalue weighted by atomic mass is 9.99. The molecule has 1 aromatic heterocycles. The van der Waals surface area contributed by atoms with Gasteiger partial charge in [-0.25, -0.2) is 4.98 Å². The van der Waals surface area contributed by atoms with Crippen molar-refractivity contribution >= 4 is 29.0 Å². The lowest BCUT2D eigenvalue weighted by Gasteiger charge is -2.19. The van der Waals surface area contributed by atoms with Crippen LogP contribution in [0.5, 0.6) is 0 Å². The summed E-state index contributed by atoms with van der Waals surface area (Å²) in [5.41, 5.74) is 7.66. The number of aromatic nitrogens is 1. The third kappa shape index (κ3) is 2.58. The first-order chi connectivity index (χ1) is 8.63. The fourth-order valence-corrected chi connectivity index (χ4v) is 2.30. The summed E-state index contributed by atoms with van der Waals surface area (Å²) in [6.07, 6.45) is 1.53. The summed E-state index contributed by atoms with van der Waals surface area (Å²) < 4.78 is 0. The highest BCUT2D eigenvalue weighted by molar-refractivity contribution is 6.31. The van der Waals surface area contributed by atoms with Crippen molar-refractivity contribution in [2.75, 3.05) is 12.8 Å². The molecule has 0 fully saturated rings. The maximum Gasteiger partial charge on any atom is 0.128 e. The van der Waals surface area contributed by atoms with Crippen LogP contribution in [0.25, 0.3) is 0 Å². The molecule has 0 aliphatic heterocycles. The zero-order chi connectivity index (χ0) is 13.1. The summed E-state index contributed by atoms with van der Waals surface area (Å²) >= 11 is 12.2. The molecule has 3 N–H and O–H groups in total. The van der Waals surface area contributed by atoms with Crippen LogP contribution in [-0.2, 0) is 0 Å². The van der Waals surface area contributed by atoms with Crippen LogP contribution in [0.1, 0.15) is 17.2 Å². The average Bonchev–Trinajstić information content (AvgIpc) is 2.36. The molecule has 2 aromatic rings. The molecular formula is C13H13Cl2N3. The molecule has 0 spiro atoms. The Balaban J connectivity index is 2.52. The second-order valence-electron chi connectivity index (χ2n) is 3.87. The molecule has 1 atom stereocenters. The number of pyridine rings is 1. The van der Waals surface area contributed by atoms with Gasteiger partial charge in [0.15, 0.2) is 0 Å². The van der Waals surface area contributed by atoms with E-state index in [9.17, 15) is 0 Å². The van der Waals surface area contributed by atoms with E-state index >= 15 is 0 Å². The molecule has 0 aliphatic carbocycles. The Hall–Kier alpha value is -1.29. The van der Waals surface area contributed by atoms with E-state index in [0.717, 1.165) is 11.1 Å². The summed E-state index contributed by atoms with van der Waals surface area (Å²) in [6, 6.07) is 9.27. The predicted molar refractivity (Wildman–Crippen MR) is 76.0 cm³/mol. The number of benzene rings is 1. The number of nitrogens with zero attached hydrogens (tertiary/aromatic N) is 1. The topological polar surface area (TPSA) is 50.9 Å². The SMILES string of the molecule is CNC(c1ccccc1Cl)c1cc(Cl)cnc1N. The van der Waals surface area contributed by atoms with Gasteiger partial charge < -0.3 is 11.1 Å². The Morgan fingerprint density at radius 2 is 1.94 bits per heavy atom. The van der Waals surface area contributed by atoms with Gasteiger partial charge in [0.25, 0.3) is 0 Å². The van der Waals surface area contributed by atoms with E-state index in [1.54, 1.807) is 6.07 Å². The van der Waals surface area contributed by atoms with Gasteiger partial charge in [-0.05, 0) is 24.7 Å². The molecule has 18 heavy (non-hydrogen) atoms. The van der Waals surface area contributed by atoms with E-state index in [4.69, 9.17) is 28.9 Å². The molecule has 0 bridgehead atoms. The summed E-state index contributed by atoms with van der Waals surface area (Å²) in [5.74, 6) is 0.443. The zero-order valence-electron chi connectivity index (χ0n) is 9.82. The monoisotopic (exact) mass is 281 g/mol. The third-order valence-electron chi connectivity index (χ3n) is 2.73. The van der Waals surface area contributed by atoms with Gasteiger partial charge in [0.2, 0.25) is 0 Å². The van der Waals surface area contributed by atoms with Crippen molar-refractivity contribution in [2.24, 2.45) is 0 Å². The first-order valence-electron chi connectivity index (χ1n) is 5.46. The highest BCUT2D eigenvalue weighted by Crippen LogP contribution is 2.31. The fraction of sp³-hybridized carbons (Fsp3) is 0.154. The molecule has 1 unspecified atom stereocenters. The normalized spacial score (nSPS) is 12.4. The number of nitrogens with one attached hydrogen (secondary N) is 1. The van der Waals surface area contributed by atoms with Crippen LogP contribution < -0.4 is 11.1 Å². The van der Waals surface area contributed by atoms with Gasteiger partial charge in [-0.1, -0.05) is 41.4 Å². The zero-order valence-corrected chi connectivity index (χ0v) is 11.3. The van der Waals surface area contributed by atoms with Crippen LogP contribution >= 0.6 is 23.2 Å². The van der Waals surface area contributed by atoms with Crippen molar-refractivity contribution in [1.29, 1.82) is 0 Å². The van der Waals surface area contributed by atoms with Crippen molar-refractivity contribution in [2.45, 2.75) is 6.04 Å². The van der Waals surface area contributed by atoms with Gasteiger partial charge in [-0.15, -0.1) is 0 Å². The lowest BCUT2D eigenvalue weighted by molar-refractivity contribution is 0.691. The predicted octanol–water partition coefficient (Wildman–Crippen LogP) is 3.28. The molecular weight excluding hydrogens is 269 g/mol. The standard InChI is InChI=1S/C13H13Cl2N3/c1-17-12(9-4-2-3-5-11(9)15)10-6-8(14)7-18-13(10)16/h2-7,12,17H,1H3,(H2,16,18). The van der Waals surface area contributed by atoms with E-state index in [1.807, 2.05) is 31.3 Å². The van der Waals surface area contributed by atoms with Gasteiger partial charge in [-0.2, -0.15) is 0 Å². The number of nitrogen functional groups attached to an aromatic ring is 1.